The van der Waals surface area contributed by atoms with Crippen molar-refractivity contribution < 1.29 is 4.74 Å². The van der Waals surface area contributed by atoms with Crippen molar-refractivity contribution in [3.8, 4) is 0 Å². The van der Waals surface area contributed by atoms with Gasteiger partial charge in [-0.2, -0.15) is 5.10 Å². The van der Waals surface area contributed by atoms with Gasteiger partial charge in [0.25, 0.3) is 0 Å². The Hall–Kier alpha value is -1.82. The highest BCUT2D eigenvalue weighted by Crippen LogP contribution is 2.18. The Morgan fingerprint density at radius 1 is 1.33 bits per heavy atom. The van der Waals surface area contributed by atoms with Crippen LogP contribution in [0.5, 0.6) is 0 Å². The maximum absolute atomic E-state index is 5.17. The van der Waals surface area contributed by atoms with Crippen molar-refractivity contribution in [3.05, 3.63) is 28.8 Å². The van der Waals surface area contributed by atoms with Gasteiger partial charge < -0.3 is 14.6 Å². The second kappa shape index (κ2) is 6.30. The number of hydrogen-bond donors (Lipinski definition) is 1. The van der Waals surface area contributed by atoms with Crippen molar-refractivity contribution in [1.29, 1.82) is 0 Å². The highest BCUT2D eigenvalue weighted by molar-refractivity contribution is 5.33. The SMILES string of the molecule is COCC(C)Nc1nc(C)cn1Cc1c(C)nn(C)c1C. The molecule has 0 aromatic carbocycles. The zero-order valence-electron chi connectivity index (χ0n) is 13.8. The number of ether oxygens (including phenoxy) is 1. The summed E-state index contributed by atoms with van der Waals surface area (Å²) in [4.78, 5) is 4.56. The van der Waals surface area contributed by atoms with E-state index in [4.69, 9.17) is 4.74 Å². The van der Waals surface area contributed by atoms with Crippen molar-refractivity contribution >= 4 is 5.95 Å². The molecule has 116 valence electrons. The summed E-state index contributed by atoms with van der Waals surface area (Å²) in [6, 6.07) is 0.214. The first-order valence-electron chi connectivity index (χ1n) is 7.20. The van der Waals surface area contributed by atoms with E-state index in [0.29, 0.717) is 6.61 Å². The number of imidazole rings is 1. The van der Waals surface area contributed by atoms with E-state index >= 15 is 0 Å². The molecule has 0 aliphatic carbocycles. The summed E-state index contributed by atoms with van der Waals surface area (Å²) < 4.78 is 9.23. The lowest BCUT2D eigenvalue weighted by atomic mass is 10.2. The third kappa shape index (κ3) is 3.44. The van der Waals surface area contributed by atoms with Gasteiger partial charge in [0.05, 0.1) is 24.5 Å². The Kier molecular flexibility index (Phi) is 4.67. The van der Waals surface area contributed by atoms with Gasteiger partial charge in [-0.05, 0) is 27.7 Å². The Morgan fingerprint density at radius 2 is 2.05 bits per heavy atom. The minimum atomic E-state index is 0.214. The van der Waals surface area contributed by atoms with Crippen molar-refractivity contribution in [3.63, 3.8) is 0 Å². The molecule has 0 bridgehead atoms. The standard InChI is InChI=1S/C15H25N5O/c1-10-7-20(15(16-10)17-11(2)9-21-6)8-14-12(3)18-19(5)13(14)4/h7,11H,8-9H2,1-6H3,(H,16,17). The van der Waals surface area contributed by atoms with Crippen LogP contribution in [0.3, 0.4) is 0 Å². The van der Waals surface area contributed by atoms with Crippen LogP contribution in [0.15, 0.2) is 6.20 Å². The van der Waals surface area contributed by atoms with Gasteiger partial charge in [-0.15, -0.1) is 0 Å². The summed E-state index contributed by atoms with van der Waals surface area (Å²) in [5.41, 5.74) is 4.51. The average Bonchev–Trinajstić information content (AvgIpc) is 2.85. The number of aryl methyl sites for hydroxylation is 3. The van der Waals surface area contributed by atoms with Crippen LogP contribution < -0.4 is 5.32 Å². The molecule has 0 aliphatic heterocycles. The maximum Gasteiger partial charge on any atom is 0.203 e. The Bertz CT molecular complexity index is 614. The van der Waals surface area contributed by atoms with Gasteiger partial charge >= 0.3 is 0 Å². The van der Waals surface area contributed by atoms with E-state index in [-0.39, 0.29) is 6.04 Å². The summed E-state index contributed by atoms with van der Waals surface area (Å²) in [5.74, 6) is 0.875. The molecule has 6 nitrogen and oxygen atoms in total. The lowest BCUT2D eigenvalue weighted by Crippen LogP contribution is -2.23. The van der Waals surface area contributed by atoms with Crippen LogP contribution in [0, 0.1) is 20.8 Å². The van der Waals surface area contributed by atoms with Crippen molar-refractivity contribution in [2.24, 2.45) is 7.05 Å². The van der Waals surface area contributed by atoms with Gasteiger partial charge in [0.2, 0.25) is 5.95 Å². The molecule has 2 aromatic rings. The number of hydrogen-bond acceptors (Lipinski definition) is 4. The zero-order valence-corrected chi connectivity index (χ0v) is 13.8. The summed E-state index contributed by atoms with van der Waals surface area (Å²) >= 11 is 0. The lowest BCUT2D eigenvalue weighted by molar-refractivity contribution is 0.190. The van der Waals surface area contributed by atoms with Gasteiger partial charge in [-0.1, -0.05) is 0 Å². The molecule has 21 heavy (non-hydrogen) atoms. The van der Waals surface area contributed by atoms with E-state index in [1.807, 2.05) is 25.6 Å². The summed E-state index contributed by atoms with van der Waals surface area (Å²) in [7, 11) is 3.68. The largest absolute Gasteiger partial charge is 0.383 e. The van der Waals surface area contributed by atoms with Crippen LogP contribution in [-0.2, 0) is 18.3 Å². The van der Waals surface area contributed by atoms with Crippen molar-refractivity contribution in [1.82, 2.24) is 19.3 Å². The molecule has 0 fully saturated rings. The van der Waals surface area contributed by atoms with E-state index in [0.717, 1.165) is 23.9 Å². The number of anilines is 1. The smallest absolute Gasteiger partial charge is 0.203 e. The second-order valence-corrected chi connectivity index (χ2v) is 5.61. The highest BCUT2D eigenvalue weighted by Gasteiger charge is 2.14. The Balaban J connectivity index is 2.24. The quantitative estimate of drug-likeness (QED) is 0.885. The van der Waals surface area contributed by atoms with Gasteiger partial charge in [-0.25, -0.2) is 4.98 Å². The first kappa shape index (κ1) is 15.6. The van der Waals surface area contributed by atoms with E-state index < -0.39 is 0 Å². The Labute approximate surface area is 126 Å². The first-order chi connectivity index (χ1) is 9.92. The molecule has 1 unspecified atom stereocenters. The predicted octanol–water partition coefficient (Wildman–Crippen LogP) is 2.04. The number of rotatable bonds is 6. The van der Waals surface area contributed by atoms with E-state index in [2.05, 4.69) is 40.0 Å². The molecular weight excluding hydrogens is 266 g/mol. The van der Waals surface area contributed by atoms with Gasteiger partial charge in [-0.3, -0.25) is 4.68 Å². The molecule has 1 N–H and O–H groups in total. The third-order valence-electron chi connectivity index (χ3n) is 3.68. The van der Waals surface area contributed by atoms with Crippen LogP contribution in [0.25, 0.3) is 0 Å². The third-order valence-corrected chi connectivity index (χ3v) is 3.68. The molecule has 0 amide bonds. The molecule has 2 rings (SSSR count). The molecule has 0 radical (unpaired) electrons. The molecule has 1 atom stereocenters. The van der Waals surface area contributed by atoms with Crippen molar-refractivity contribution in [2.75, 3.05) is 19.0 Å². The summed E-state index contributed by atoms with van der Waals surface area (Å²) in [6.45, 7) is 9.65. The minimum Gasteiger partial charge on any atom is -0.383 e. The van der Waals surface area contributed by atoms with Crippen LogP contribution in [-0.4, -0.2) is 39.1 Å². The first-order valence-corrected chi connectivity index (χ1v) is 7.20. The van der Waals surface area contributed by atoms with E-state index in [1.54, 1.807) is 7.11 Å². The molecule has 2 aromatic heterocycles. The average molecular weight is 291 g/mol. The van der Waals surface area contributed by atoms with Crippen LogP contribution >= 0.6 is 0 Å². The Morgan fingerprint density at radius 3 is 2.62 bits per heavy atom. The monoisotopic (exact) mass is 291 g/mol. The zero-order chi connectivity index (χ0) is 15.6. The van der Waals surface area contributed by atoms with Crippen LogP contribution in [0.2, 0.25) is 0 Å². The summed E-state index contributed by atoms with van der Waals surface area (Å²) in [6.07, 6.45) is 2.06. The number of nitrogens with one attached hydrogen (secondary N) is 1. The number of nitrogens with zero attached hydrogens (tertiary/aromatic N) is 4. The van der Waals surface area contributed by atoms with Crippen LogP contribution in [0.1, 0.15) is 29.6 Å². The van der Waals surface area contributed by atoms with Crippen molar-refractivity contribution in [2.45, 2.75) is 40.3 Å². The lowest BCUT2D eigenvalue weighted by Gasteiger charge is -2.15. The molecule has 0 spiro atoms. The van der Waals surface area contributed by atoms with E-state index in [1.165, 1.54) is 11.3 Å². The van der Waals surface area contributed by atoms with Gasteiger partial charge in [0.15, 0.2) is 0 Å². The van der Waals surface area contributed by atoms with E-state index in [9.17, 15) is 0 Å². The fraction of sp³-hybridized carbons (Fsp3) is 0.600. The normalized spacial score (nSPS) is 12.7. The van der Waals surface area contributed by atoms with Gasteiger partial charge in [0, 0.05) is 37.7 Å². The molecule has 6 heteroatoms. The molecule has 0 saturated heterocycles. The number of methoxy groups -OCH3 is 1. The predicted molar refractivity (Wildman–Crippen MR) is 83.7 cm³/mol. The van der Waals surface area contributed by atoms with Gasteiger partial charge in [0.1, 0.15) is 0 Å². The van der Waals surface area contributed by atoms with Crippen LogP contribution in [0.4, 0.5) is 5.95 Å². The molecule has 0 saturated carbocycles. The number of aromatic nitrogens is 4. The molecular formula is C15H25N5O. The molecule has 2 heterocycles. The minimum absolute atomic E-state index is 0.214. The topological polar surface area (TPSA) is 56.9 Å². The second-order valence-electron chi connectivity index (χ2n) is 5.61. The fourth-order valence-corrected chi connectivity index (χ4v) is 2.51. The molecule has 0 aliphatic rings. The fourth-order valence-electron chi connectivity index (χ4n) is 2.51. The summed E-state index contributed by atoms with van der Waals surface area (Å²) in [5, 5.41) is 7.87. The maximum atomic E-state index is 5.17. The highest BCUT2D eigenvalue weighted by atomic mass is 16.5.